The Bertz CT molecular complexity index is 908. The average Bonchev–Trinajstić information content (AvgIpc) is 3.38. The number of aliphatic imine (C=N–C) groups is 1. The van der Waals surface area contributed by atoms with E-state index in [9.17, 15) is 9.60 Å². The molecule has 0 spiro atoms. The first-order valence-electron chi connectivity index (χ1n) is 8.57. The van der Waals surface area contributed by atoms with Crippen LogP contribution < -0.4 is 5.32 Å². The average molecular weight is 373 g/mol. The summed E-state index contributed by atoms with van der Waals surface area (Å²) in [5.74, 6) is 1.89. The molecule has 2 aliphatic rings. The Morgan fingerprint density at radius 1 is 1.35 bits per heavy atom. The highest BCUT2D eigenvalue weighted by Gasteiger charge is 2.25. The molecule has 1 aliphatic carbocycles. The van der Waals surface area contributed by atoms with Crippen molar-refractivity contribution in [2.24, 2.45) is 16.1 Å². The van der Waals surface area contributed by atoms with E-state index in [0.29, 0.717) is 18.6 Å². The second kappa shape index (κ2) is 7.03. The second-order valence-electron chi connectivity index (χ2n) is 6.69. The van der Waals surface area contributed by atoms with Gasteiger partial charge in [-0.2, -0.15) is 0 Å². The molecule has 4 rings (SSSR count). The standard InChI is InChI=1S/C19H18ClFN4O/c20-15-7-12(3-4-16(15)21)8-17(25-26)13-5-6-22-19-14(13)9-18(24-19)23-10-11-1-2-11/h3-7,11,26H,1-2,8-10H2,(H,22,23,24)/b25-17+. The van der Waals surface area contributed by atoms with E-state index in [2.05, 4.69) is 20.4 Å². The summed E-state index contributed by atoms with van der Waals surface area (Å²) in [5, 5.41) is 16.3. The maximum Gasteiger partial charge on any atom is 0.141 e. The van der Waals surface area contributed by atoms with Gasteiger partial charge in [-0.15, -0.1) is 0 Å². The fourth-order valence-electron chi connectivity index (χ4n) is 3.06. The summed E-state index contributed by atoms with van der Waals surface area (Å²) in [6.07, 6.45) is 5.16. The van der Waals surface area contributed by atoms with Crippen LogP contribution in [-0.2, 0) is 12.8 Å². The summed E-state index contributed by atoms with van der Waals surface area (Å²) in [7, 11) is 0. The van der Waals surface area contributed by atoms with Crippen molar-refractivity contribution < 1.29 is 9.60 Å². The largest absolute Gasteiger partial charge is 0.411 e. The van der Waals surface area contributed by atoms with Gasteiger partial charge >= 0.3 is 0 Å². The van der Waals surface area contributed by atoms with Crippen molar-refractivity contribution in [1.29, 1.82) is 0 Å². The lowest BCUT2D eigenvalue weighted by Gasteiger charge is -2.09. The minimum absolute atomic E-state index is 0.0518. The fraction of sp³-hybridized carbons (Fsp3) is 0.316. The number of oxime groups is 1. The first kappa shape index (κ1) is 17.0. The Morgan fingerprint density at radius 2 is 2.19 bits per heavy atom. The molecule has 1 aliphatic heterocycles. The van der Waals surface area contributed by atoms with Gasteiger partial charge in [0.15, 0.2) is 0 Å². The third-order valence-corrected chi connectivity index (χ3v) is 4.98. The van der Waals surface area contributed by atoms with Gasteiger partial charge in [-0.05, 0) is 42.5 Å². The Balaban J connectivity index is 1.58. The molecule has 1 saturated carbocycles. The number of fused-ring (bicyclic) bond motifs is 1. The van der Waals surface area contributed by atoms with E-state index in [1.807, 2.05) is 6.07 Å². The minimum Gasteiger partial charge on any atom is -0.411 e. The summed E-state index contributed by atoms with van der Waals surface area (Å²) >= 11 is 5.85. The van der Waals surface area contributed by atoms with E-state index in [4.69, 9.17) is 11.6 Å². The quantitative estimate of drug-likeness (QED) is 0.472. The van der Waals surface area contributed by atoms with Gasteiger partial charge in [0.05, 0.1) is 10.7 Å². The van der Waals surface area contributed by atoms with Crippen LogP contribution in [0, 0.1) is 11.7 Å². The monoisotopic (exact) mass is 372 g/mol. The van der Waals surface area contributed by atoms with E-state index in [-0.39, 0.29) is 5.02 Å². The Kier molecular flexibility index (Phi) is 4.59. The summed E-state index contributed by atoms with van der Waals surface area (Å²) in [6, 6.07) is 6.32. The van der Waals surface area contributed by atoms with E-state index in [0.717, 1.165) is 40.8 Å². The van der Waals surface area contributed by atoms with Crippen LogP contribution in [0.3, 0.4) is 0 Å². The predicted octanol–water partition coefficient (Wildman–Crippen LogP) is 4.07. The molecule has 2 aromatic rings. The first-order chi connectivity index (χ1) is 12.6. The van der Waals surface area contributed by atoms with Crippen LogP contribution >= 0.6 is 11.6 Å². The minimum atomic E-state index is -0.469. The smallest absolute Gasteiger partial charge is 0.141 e. The number of hydrogen-bond donors (Lipinski definition) is 2. The molecular weight excluding hydrogens is 355 g/mol. The van der Waals surface area contributed by atoms with Gasteiger partial charge in [0.25, 0.3) is 0 Å². The maximum atomic E-state index is 13.4. The highest BCUT2D eigenvalue weighted by atomic mass is 35.5. The van der Waals surface area contributed by atoms with Crippen LogP contribution in [0.4, 0.5) is 10.2 Å². The number of benzene rings is 1. The van der Waals surface area contributed by atoms with Crippen molar-refractivity contribution in [2.75, 3.05) is 11.9 Å². The second-order valence-corrected chi connectivity index (χ2v) is 7.10. The van der Waals surface area contributed by atoms with Crippen molar-refractivity contribution in [3.63, 3.8) is 0 Å². The number of hydrogen-bond acceptors (Lipinski definition) is 4. The first-order valence-corrected chi connectivity index (χ1v) is 8.95. The number of nitrogens with zero attached hydrogens (tertiary/aromatic N) is 3. The van der Waals surface area contributed by atoms with Crippen LogP contribution in [-0.4, -0.2) is 28.3 Å². The van der Waals surface area contributed by atoms with Crippen LogP contribution in [0.25, 0.3) is 0 Å². The molecule has 1 aromatic heterocycles. The van der Waals surface area contributed by atoms with Gasteiger partial charge in [-0.1, -0.05) is 22.8 Å². The molecule has 26 heavy (non-hydrogen) atoms. The zero-order valence-corrected chi connectivity index (χ0v) is 14.8. The fourth-order valence-corrected chi connectivity index (χ4v) is 3.26. The van der Waals surface area contributed by atoms with Crippen LogP contribution in [0.2, 0.25) is 5.02 Å². The van der Waals surface area contributed by atoms with Gasteiger partial charge in [0.2, 0.25) is 0 Å². The molecule has 2 heterocycles. The molecular formula is C19H18ClFN4O. The molecule has 2 N–H and O–H groups in total. The predicted molar refractivity (Wildman–Crippen MR) is 100 cm³/mol. The zero-order valence-electron chi connectivity index (χ0n) is 14.0. The Hall–Kier alpha value is -2.47. The number of halogens is 2. The molecule has 0 radical (unpaired) electrons. The van der Waals surface area contributed by atoms with Crippen molar-refractivity contribution in [2.45, 2.75) is 25.7 Å². The zero-order chi connectivity index (χ0) is 18.1. The van der Waals surface area contributed by atoms with Gasteiger partial charge in [-0.25, -0.2) is 9.37 Å². The van der Waals surface area contributed by atoms with Crippen molar-refractivity contribution >= 4 is 29.0 Å². The number of amidine groups is 1. The molecule has 0 amide bonds. The van der Waals surface area contributed by atoms with Crippen LogP contribution in [0.1, 0.15) is 29.5 Å². The number of aromatic nitrogens is 1. The highest BCUT2D eigenvalue weighted by Crippen LogP contribution is 2.30. The van der Waals surface area contributed by atoms with Crippen molar-refractivity contribution in [1.82, 2.24) is 4.98 Å². The molecule has 7 heteroatoms. The number of nitrogens with one attached hydrogen (secondary N) is 1. The van der Waals surface area contributed by atoms with Crippen LogP contribution in [0.5, 0.6) is 0 Å². The number of anilines is 1. The molecule has 134 valence electrons. The molecule has 5 nitrogen and oxygen atoms in total. The molecule has 1 aromatic carbocycles. The van der Waals surface area contributed by atoms with Gasteiger partial charge in [0.1, 0.15) is 17.5 Å². The SMILES string of the molecule is O/N=C(\Cc1ccc(F)c(Cl)c1)c1ccnc2c1CC(=NCC1CC1)N2. The third-order valence-electron chi connectivity index (χ3n) is 4.69. The molecule has 0 bridgehead atoms. The van der Waals surface area contributed by atoms with Crippen molar-refractivity contribution in [3.05, 3.63) is 58.0 Å². The summed E-state index contributed by atoms with van der Waals surface area (Å²) in [6.45, 7) is 0.848. The Labute approximate surface area is 155 Å². The molecule has 1 fully saturated rings. The van der Waals surface area contributed by atoms with Gasteiger partial charge in [-0.3, -0.25) is 4.99 Å². The summed E-state index contributed by atoms with van der Waals surface area (Å²) < 4.78 is 13.4. The lowest BCUT2D eigenvalue weighted by molar-refractivity contribution is 0.318. The van der Waals surface area contributed by atoms with E-state index in [1.54, 1.807) is 18.3 Å². The topological polar surface area (TPSA) is 69.9 Å². The van der Waals surface area contributed by atoms with E-state index in [1.165, 1.54) is 18.9 Å². The molecule has 0 saturated heterocycles. The van der Waals surface area contributed by atoms with Gasteiger partial charge in [0, 0.05) is 36.7 Å². The van der Waals surface area contributed by atoms with E-state index >= 15 is 0 Å². The molecule has 0 unspecified atom stereocenters. The lowest BCUT2D eigenvalue weighted by atomic mass is 9.98. The van der Waals surface area contributed by atoms with E-state index < -0.39 is 5.82 Å². The van der Waals surface area contributed by atoms with Crippen LogP contribution in [0.15, 0.2) is 40.6 Å². The Morgan fingerprint density at radius 3 is 2.92 bits per heavy atom. The summed E-state index contributed by atoms with van der Waals surface area (Å²) in [4.78, 5) is 9.00. The summed E-state index contributed by atoms with van der Waals surface area (Å²) in [5.41, 5.74) is 3.02. The molecule has 0 atom stereocenters. The number of pyridine rings is 1. The maximum absolute atomic E-state index is 13.4. The highest BCUT2D eigenvalue weighted by molar-refractivity contribution is 6.30. The lowest BCUT2D eigenvalue weighted by Crippen LogP contribution is -2.10. The van der Waals surface area contributed by atoms with Crippen molar-refractivity contribution in [3.8, 4) is 0 Å². The van der Waals surface area contributed by atoms with Gasteiger partial charge < -0.3 is 10.5 Å². The number of rotatable bonds is 5. The third kappa shape index (κ3) is 3.55. The normalized spacial score (nSPS) is 18.1.